The van der Waals surface area contributed by atoms with Crippen LogP contribution in [0.2, 0.25) is 0 Å². The van der Waals surface area contributed by atoms with Crippen LogP contribution in [-0.4, -0.2) is 37.0 Å². The van der Waals surface area contributed by atoms with Crippen LogP contribution in [0.4, 0.5) is 26.3 Å². The molecule has 0 aromatic heterocycles. The van der Waals surface area contributed by atoms with Gasteiger partial charge in [-0.2, -0.15) is 26.3 Å². The van der Waals surface area contributed by atoms with Gasteiger partial charge in [0.15, 0.2) is 20.2 Å². The third-order valence-electron chi connectivity index (χ3n) is 2.95. The van der Waals surface area contributed by atoms with E-state index in [0.29, 0.717) is 0 Å². The standard InChI is InChI=1S/C10H12.2CHF3O3S.Pd/c1-2-3-9-6-8-4-5-10(9)7-8;2*2-1(3,4)8(5,6)7;/h2,6H,1,3-5,7H2;2*(H,5,6,7);/q;;;+2/p-2. The maximum atomic E-state index is 10.7. The van der Waals surface area contributed by atoms with Gasteiger partial charge < -0.3 is 9.11 Å². The molecule has 6 nitrogen and oxygen atoms in total. The van der Waals surface area contributed by atoms with Gasteiger partial charge in [0, 0.05) is 0 Å². The molecule has 1 fully saturated rings. The summed E-state index contributed by atoms with van der Waals surface area (Å²) in [5.74, 6) is 0. The molecule has 2 rings (SSSR count). The fourth-order valence-corrected chi connectivity index (χ4v) is 1.87. The summed E-state index contributed by atoms with van der Waals surface area (Å²) in [6, 6.07) is 0. The van der Waals surface area contributed by atoms with Crippen LogP contribution in [-0.2, 0) is 40.7 Å². The van der Waals surface area contributed by atoms with E-state index in [9.17, 15) is 26.3 Å². The summed E-state index contributed by atoms with van der Waals surface area (Å²) >= 11 is 0. The molecule has 0 aromatic rings. The molecule has 0 heterocycles. The van der Waals surface area contributed by atoms with E-state index in [1.54, 1.807) is 16.7 Å². The predicted molar refractivity (Wildman–Crippen MR) is 75.3 cm³/mol. The van der Waals surface area contributed by atoms with E-state index in [1.165, 1.54) is 19.3 Å². The van der Waals surface area contributed by atoms with Crippen molar-refractivity contribution >= 4 is 20.2 Å². The van der Waals surface area contributed by atoms with Gasteiger partial charge in [0.25, 0.3) is 0 Å². The van der Waals surface area contributed by atoms with Crippen LogP contribution in [0.5, 0.6) is 0 Å². The molecule has 2 aliphatic rings. The van der Waals surface area contributed by atoms with Gasteiger partial charge in [-0.25, -0.2) is 16.8 Å². The molecular weight excluding hydrogens is 525 g/mol. The molecule has 1 saturated carbocycles. The number of fused-ring (bicyclic) bond motifs is 2. The SMILES string of the molecule is C=CCC1=C2CCC(=C1)C2.O=S(=O)([O-])C(F)(F)F.O=S(=O)([O-])C(F)(F)F.[Pd+2]. The van der Waals surface area contributed by atoms with E-state index in [-0.39, 0.29) is 20.4 Å². The number of hydrogen-bond acceptors (Lipinski definition) is 6. The van der Waals surface area contributed by atoms with Gasteiger partial charge in [-0.15, -0.1) is 6.58 Å². The zero-order chi connectivity index (χ0) is 21.0. The van der Waals surface area contributed by atoms with Gasteiger partial charge in [0.05, 0.1) is 0 Å². The summed E-state index contributed by atoms with van der Waals surface area (Å²) in [5, 5.41) is 0. The van der Waals surface area contributed by atoms with Gasteiger partial charge in [-0.1, -0.05) is 23.3 Å². The van der Waals surface area contributed by atoms with Crippen molar-refractivity contribution in [2.75, 3.05) is 0 Å². The summed E-state index contributed by atoms with van der Waals surface area (Å²) in [6.07, 6.45) is 9.38. The maximum Gasteiger partial charge on any atom is 2.00 e. The summed E-state index contributed by atoms with van der Waals surface area (Å²) in [6.45, 7) is 3.74. The molecule has 0 atom stereocenters. The van der Waals surface area contributed by atoms with Crippen molar-refractivity contribution in [2.24, 2.45) is 0 Å². The van der Waals surface area contributed by atoms with E-state index in [1.807, 2.05) is 6.08 Å². The normalized spacial score (nSPS) is 16.4. The zero-order valence-electron chi connectivity index (χ0n) is 13.0. The minimum absolute atomic E-state index is 0. The van der Waals surface area contributed by atoms with E-state index in [4.69, 9.17) is 25.9 Å². The van der Waals surface area contributed by atoms with Crippen molar-refractivity contribution in [2.45, 2.75) is 36.7 Å². The Hall–Kier alpha value is -0.718. The first kappa shape index (κ1) is 28.5. The van der Waals surface area contributed by atoms with Crippen LogP contribution in [0, 0.1) is 0 Å². The average molecular weight is 537 g/mol. The Labute approximate surface area is 165 Å². The second kappa shape index (κ2) is 10.2. The topological polar surface area (TPSA) is 114 Å². The quantitative estimate of drug-likeness (QED) is 0.176. The molecule has 0 amide bonds. The largest absolute Gasteiger partial charge is 2.00 e. The van der Waals surface area contributed by atoms with Crippen LogP contribution in [0.1, 0.15) is 25.7 Å². The first-order valence-corrected chi connectivity index (χ1v) is 9.27. The second-order valence-corrected chi connectivity index (χ2v) is 7.64. The average Bonchev–Trinajstić information content (AvgIpc) is 2.98. The van der Waals surface area contributed by atoms with Gasteiger partial charge in [-0.3, -0.25) is 0 Å². The Kier molecular flexibility index (Phi) is 10.7. The Morgan fingerprint density at radius 1 is 0.963 bits per heavy atom. The van der Waals surface area contributed by atoms with E-state index < -0.39 is 31.3 Å². The third kappa shape index (κ3) is 9.86. The number of rotatable bonds is 2. The van der Waals surface area contributed by atoms with Gasteiger partial charge in [0.1, 0.15) is 0 Å². The molecule has 15 heteroatoms. The minimum atomic E-state index is -6.09. The minimum Gasteiger partial charge on any atom is -0.741 e. The van der Waals surface area contributed by atoms with Crippen molar-refractivity contribution < 1.29 is 72.7 Å². The molecule has 0 aliphatic heterocycles. The number of hydrogen-bond donors (Lipinski definition) is 0. The van der Waals surface area contributed by atoms with Gasteiger partial charge in [0.2, 0.25) is 0 Å². The van der Waals surface area contributed by atoms with Crippen molar-refractivity contribution in [3.63, 3.8) is 0 Å². The monoisotopic (exact) mass is 536 g/mol. The smallest absolute Gasteiger partial charge is 0.741 e. The number of halogens is 6. The fraction of sp³-hybridized carbons (Fsp3) is 0.500. The summed E-state index contributed by atoms with van der Waals surface area (Å²) in [4.78, 5) is 0. The summed E-state index contributed by atoms with van der Waals surface area (Å²) in [7, 11) is -12.2. The van der Waals surface area contributed by atoms with E-state index >= 15 is 0 Å². The summed E-state index contributed by atoms with van der Waals surface area (Å²) in [5.41, 5.74) is -6.42. The second-order valence-electron chi connectivity index (χ2n) is 4.90. The molecule has 0 N–H and O–H groups in total. The fourth-order valence-electron chi connectivity index (χ4n) is 1.87. The first-order chi connectivity index (χ1) is 11.4. The predicted octanol–water partition coefficient (Wildman–Crippen LogP) is 3.08. The number of allylic oxidation sites excluding steroid dienone is 5. The molecule has 2 aliphatic carbocycles. The molecule has 0 unspecified atom stereocenters. The summed E-state index contributed by atoms with van der Waals surface area (Å²) < 4.78 is 118. The van der Waals surface area contributed by atoms with Crippen LogP contribution in [0.25, 0.3) is 0 Å². The third-order valence-corrected chi connectivity index (χ3v) is 4.09. The van der Waals surface area contributed by atoms with Crippen molar-refractivity contribution in [1.82, 2.24) is 0 Å². The van der Waals surface area contributed by atoms with Crippen molar-refractivity contribution in [1.29, 1.82) is 0 Å². The maximum absolute atomic E-state index is 10.7. The molecule has 0 saturated heterocycles. The van der Waals surface area contributed by atoms with Crippen LogP contribution < -0.4 is 0 Å². The van der Waals surface area contributed by atoms with Crippen molar-refractivity contribution in [3.05, 3.63) is 35.5 Å². The molecule has 160 valence electrons. The van der Waals surface area contributed by atoms with Crippen LogP contribution in [0.3, 0.4) is 0 Å². The van der Waals surface area contributed by atoms with Crippen LogP contribution in [0.15, 0.2) is 35.5 Å². The van der Waals surface area contributed by atoms with E-state index in [2.05, 4.69) is 12.7 Å². The molecule has 0 spiro atoms. The van der Waals surface area contributed by atoms with Crippen LogP contribution >= 0.6 is 0 Å². The molecule has 0 aromatic carbocycles. The van der Waals surface area contributed by atoms with Crippen molar-refractivity contribution in [3.8, 4) is 0 Å². The Morgan fingerprint density at radius 2 is 1.33 bits per heavy atom. The Balaban J connectivity index is 0. The van der Waals surface area contributed by atoms with Gasteiger partial charge in [-0.05, 0) is 31.3 Å². The molecule has 0 radical (unpaired) electrons. The van der Waals surface area contributed by atoms with Gasteiger partial charge >= 0.3 is 31.4 Å². The molecule has 2 bridgehead atoms. The number of alkyl halides is 6. The Bertz CT molecular complexity index is 751. The Morgan fingerprint density at radius 3 is 1.52 bits per heavy atom. The zero-order valence-corrected chi connectivity index (χ0v) is 16.2. The van der Waals surface area contributed by atoms with E-state index in [0.717, 1.165) is 6.42 Å². The molecule has 27 heavy (non-hydrogen) atoms. The molecular formula is C12H12F6O6PdS2. The first-order valence-electron chi connectivity index (χ1n) is 6.45.